The Morgan fingerprint density at radius 2 is 2.44 bits per heavy atom. The number of nitrogens with two attached hydrogens (primary N) is 1. The van der Waals surface area contributed by atoms with E-state index >= 15 is 0 Å². The lowest BCUT2D eigenvalue weighted by Gasteiger charge is -2.14. The van der Waals surface area contributed by atoms with Crippen molar-refractivity contribution in [1.82, 2.24) is 20.2 Å². The first kappa shape index (κ1) is 13.1. The SMILES string of the molecule is CCOCCCC(Cc1ncnn1C)NN. The molecule has 0 fully saturated rings. The second kappa shape index (κ2) is 7.32. The molecule has 0 saturated carbocycles. The van der Waals surface area contributed by atoms with E-state index in [1.165, 1.54) is 0 Å². The average Bonchev–Trinajstić information content (AvgIpc) is 2.68. The summed E-state index contributed by atoms with van der Waals surface area (Å²) in [5, 5.41) is 4.03. The second-order valence-electron chi connectivity index (χ2n) is 3.71. The van der Waals surface area contributed by atoms with E-state index in [-0.39, 0.29) is 6.04 Å². The lowest BCUT2D eigenvalue weighted by molar-refractivity contribution is 0.140. The number of hydrazine groups is 1. The topological polar surface area (TPSA) is 78.0 Å². The standard InChI is InChI=1S/C10H21N5O/c1-3-16-6-4-5-9(14-11)7-10-12-8-13-15(10)2/h8-9,14H,3-7,11H2,1-2H3. The predicted octanol–water partition coefficient (Wildman–Crippen LogP) is 0.00620. The highest BCUT2D eigenvalue weighted by molar-refractivity contribution is 4.88. The summed E-state index contributed by atoms with van der Waals surface area (Å²) in [7, 11) is 1.89. The van der Waals surface area contributed by atoms with Gasteiger partial charge in [-0.2, -0.15) is 5.10 Å². The maximum atomic E-state index is 5.51. The van der Waals surface area contributed by atoms with Gasteiger partial charge in [0.05, 0.1) is 0 Å². The molecule has 92 valence electrons. The van der Waals surface area contributed by atoms with Crippen LogP contribution in [-0.4, -0.2) is 34.0 Å². The van der Waals surface area contributed by atoms with Gasteiger partial charge in [-0.15, -0.1) is 0 Å². The maximum Gasteiger partial charge on any atom is 0.138 e. The molecule has 6 heteroatoms. The monoisotopic (exact) mass is 227 g/mol. The second-order valence-corrected chi connectivity index (χ2v) is 3.71. The smallest absolute Gasteiger partial charge is 0.138 e. The number of rotatable bonds is 8. The van der Waals surface area contributed by atoms with Crippen LogP contribution in [0.3, 0.4) is 0 Å². The number of hydrogen-bond donors (Lipinski definition) is 2. The Morgan fingerprint density at radius 1 is 1.62 bits per heavy atom. The first-order valence-electron chi connectivity index (χ1n) is 5.64. The van der Waals surface area contributed by atoms with Crippen molar-refractivity contribution in [3.8, 4) is 0 Å². The number of hydrogen-bond acceptors (Lipinski definition) is 5. The Kier molecular flexibility index (Phi) is 5.99. The highest BCUT2D eigenvalue weighted by Crippen LogP contribution is 2.04. The summed E-state index contributed by atoms with van der Waals surface area (Å²) in [6.07, 6.45) is 4.33. The highest BCUT2D eigenvalue weighted by Gasteiger charge is 2.10. The van der Waals surface area contributed by atoms with Gasteiger partial charge in [-0.1, -0.05) is 0 Å². The van der Waals surface area contributed by atoms with Crippen LogP contribution in [-0.2, 0) is 18.2 Å². The van der Waals surface area contributed by atoms with Crippen LogP contribution in [0.15, 0.2) is 6.33 Å². The zero-order chi connectivity index (χ0) is 11.8. The minimum Gasteiger partial charge on any atom is -0.382 e. The van der Waals surface area contributed by atoms with Crippen molar-refractivity contribution in [1.29, 1.82) is 0 Å². The minimum absolute atomic E-state index is 0.225. The molecule has 0 aromatic carbocycles. The summed E-state index contributed by atoms with van der Waals surface area (Å²) in [6, 6.07) is 0.225. The van der Waals surface area contributed by atoms with Crippen molar-refractivity contribution >= 4 is 0 Å². The van der Waals surface area contributed by atoms with E-state index < -0.39 is 0 Å². The van der Waals surface area contributed by atoms with E-state index in [2.05, 4.69) is 15.5 Å². The molecule has 0 amide bonds. The largest absolute Gasteiger partial charge is 0.382 e. The molecule has 1 heterocycles. The fourth-order valence-electron chi connectivity index (χ4n) is 1.55. The molecule has 1 unspecified atom stereocenters. The van der Waals surface area contributed by atoms with Gasteiger partial charge >= 0.3 is 0 Å². The molecule has 1 aromatic rings. The number of ether oxygens (including phenoxy) is 1. The van der Waals surface area contributed by atoms with Gasteiger partial charge in [-0.3, -0.25) is 16.0 Å². The van der Waals surface area contributed by atoms with Crippen molar-refractivity contribution in [3.63, 3.8) is 0 Å². The van der Waals surface area contributed by atoms with Crippen LogP contribution in [0.2, 0.25) is 0 Å². The molecule has 0 bridgehead atoms. The van der Waals surface area contributed by atoms with Gasteiger partial charge in [0.15, 0.2) is 0 Å². The van der Waals surface area contributed by atoms with Crippen LogP contribution >= 0.6 is 0 Å². The molecule has 1 rings (SSSR count). The highest BCUT2D eigenvalue weighted by atomic mass is 16.5. The summed E-state index contributed by atoms with van der Waals surface area (Å²) in [5.74, 6) is 6.45. The lowest BCUT2D eigenvalue weighted by Crippen LogP contribution is -2.37. The summed E-state index contributed by atoms with van der Waals surface area (Å²) >= 11 is 0. The van der Waals surface area contributed by atoms with Crippen LogP contribution in [0.1, 0.15) is 25.6 Å². The maximum absolute atomic E-state index is 5.51. The normalized spacial score (nSPS) is 12.9. The lowest BCUT2D eigenvalue weighted by atomic mass is 10.1. The molecule has 0 aliphatic heterocycles. The fourth-order valence-corrected chi connectivity index (χ4v) is 1.55. The molecule has 0 saturated heterocycles. The third-order valence-electron chi connectivity index (χ3n) is 2.52. The molecule has 16 heavy (non-hydrogen) atoms. The van der Waals surface area contributed by atoms with Crippen LogP contribution in [0.25, 0.3) is 0 Å². The van der Waals surface area contributed by atoms with Crippen LogP contribution < -0.4 is 11.3 Å². The molecule has 0 aliphatic carbocycles. The molecule has 3 N–H and O–H groups in total. The van der Waals surface area contributed by atoms with E-state index in [1.54, 1.807) is 11.0 Å². The predicted molar refractivity (Wildman–Crippen MR) is 61.5 cm³/mol. The minimum atomic E-state index is 0.225. The number of aromatic nitrogens is 3. The fraction of sp³-hybridized carbons (Fsp3) is 0.800. The van der Waals surface area contributed by atoms with Gasteiger partial charge in [-0.25, -0.2) is 4.98 Å². The average molecular weight is 227 g/mol. The van der Waals surface area contributed by atoms with Crippen LogP contribution in [0.5, 0.6) is 0 Å². The molecule has 6 nitrogen and oxygen atoms in total. The van der Waals surface area contributed by atoms with Crippen molar-refractivity contribution < 1.29 is 4.74 Å². The molecular formula is C10H21N5O. The van der Waals surface area contributed by atoms with Gasteiger partial charge in [-0.05, 0) is 19.8 Å². The number of nitrogens with one attached hydrogen (secondary N) is 1. The van der Waals surface area contributed by atoms with Crippen molar-refractivity contribution in [2.75, 3.05) is 13.2 Å². The number of nitrogens with zero attached hydrogens (tertiary/aromatic N) is 3. The Morgan fingerprint density at radius 3 is 3.00 bits per heavy atom. The summed E-state index contributed by atoms with van der Waals surface area (Å²) < 4.78 is 7.06. The van der Waals surface area contributed by atoms with Crippen molar-refractivity contribution in [3.05, 3.63) is 12.2 Å². The quantitative estimate of drug-likeness (QED) is 0.371. The van der Waals surface area contributed by atoms with Crippen molar-refractivity contribution in [2.45, 2.75) is 32.2 Å². The Bertz CT molecular complexity index is 288. The zero-order valence-electron chi connectivity index (χ0n) is 10.0. The van der Waals surface area contributed by atoms with Gasteiger partial charge in [0.25, 0.3) is 0 Å². The third-order valence-corrected chi connectivity index (χ3v) is 2.52. The summed E-state index contributed by atoms with van der Waals surface area (Å²) in [6.45, 7) is 3.55. The molecule has 0 aliphatic rings. The van der Waals surface area contributed by atoms with E-state index in [0.717, 1.165) is 38.3 Å². The molecule has 1 atom stereocenters. The Hall–Kier alpha value is -0.980. The summed E-state index contributed by atoms with van der Waals surface area (Å²) in [4.78, 5) is 4.17. The van der Waals surface area contributed by atoms with Crippen LogP contribution in [0.4, 0.5) is 0 Å². The van der Waals surface area contributed by atoms with Gasteiger partial charge in [0, 0.05) is 32.7 Å². The first-order valence-corrected chi connectivity index (χ1v) is 5.64. The van der Waals surface area contributed by atoms with E-state index in [1.807, 2.05) is 14.0 Å². The number of aryl methyl sites for hydroxylation is 1. The van der Waals surface area contributed by atoms with Crippen LogP contribution in [0, 0.1) is 0 Å². The van der Waals surface area contributed by atoms with E-state index in [0.29, 0.717) is 0 Å². The zero-order valence-corrected chi connectivity index (χ0v) is 10.0. The molecule has 0 radical (unpaired) electrons. The van der Waals surface area contributed by atoms with Gasteiger partial charge in [0.2, 0.25) is 0 Å². The van der Waals surface area contributed by atoms with Gasteiger partial charge in [0.1, 0.15) is 12.2 Å². The Balaban J connectivity index is 2.29. The van der Waals surface area contributed by atoms with E-state index in [4.69, 9.17) is 10.6 Å². The first-order chi connectivity index (χ1) is 7.77. The van der Waals surface area contributed by atoms with E-state index in [9.17, 15) is 0 Å². The molecule has 0 spiro atoms. The summed E-state index contributed by atoms with van der Waals surface area (Å²) in [5.41, 5.74) is 2.81. The third kappa shape index (κ3) is 4.26. The Labute approximate surface area is 96.2 Å². The van der Waals surface area contributed by atoms with Crippen molar-refractivity contribution in [2.24, 2.45) is 12.9 Å². The van der Waals surface area contributed by atoms with Gasteiger partial charge < -0.3 is 4.74 Å². The molecule has 1 aromatic heterocycles. The molecular weight excluding hydrogens is 206 g/mol.